The molecule has 0 bridgehead atoms. The lowest BCUT2D eigenvalue weighted by Gasteiger charge is -2.22. The number of aliphatic imine (C=N–C) groups is 1. The van der Waals surface area contributed by atoms with Crippen LogP contribution in [0.1, 0.15) is 21.2 Å². The minimum atomic E-state index is 0. The minimum Gasteiger partial charge on any atom is -0.469 e. The highest BCUT2D eigenvalue weighted by Gasteiger charge is 2.08. The molecule has 3 aromatic rings. The number of nitrogens with one attached hydrogen (secondary N) is 1. The van der Waals surface area contributed by atoms with E-state index < -0.39 is 0 Å². The zero-order valence-electron chi connectivity index (χ0n) is 17.0. The number of guanidine groups is 1. The second kappa shape index (κ2) is 12.6. The maximum Gasteiger partial charge on any atom is 0.193 e. The first-order valence-electron chi connectivity index (χ1n) is 9.68. The summed E-state index contributed by atoms with van der Waals surface area (Å²) >= 11 is 1.76. The minimum absolute atomic E-state index is 0. The van der Waals surface area contributed by atoms with Gasteiger partial charge in [0.15, 0.2) is 5.96 Å². The zero-order valence-corrected chi connectivity index (χ0v) is 20.2. The number of likely N-dealkylation sites (N-methyl/N-ethyl adjacent to an activating group) is 1. The number of hydrogen-bond acceptors (Lipinski definition) is 4. The SMILES string of the molecule is Cc1cnc(CCN(C)C(=NCCc2ccco2)NCCc2ccccc2)s1.I. The van der Waals surface area contributed by atoms with E-state index in [1.165, 1.54) is 15.4 Å². The average Bonchev–Trinajstić information content (AvgIpc) is 3.37. The van der Waals surface area contributed by atoms with Gasteiger partial charge in [0.25, 0.3) is 0 Å². The molecule has 3 rings (SSSR count). The quantitative estimate of drug-likeness (QED) is 0.253. The summed E-state index contributed by atoms with van der Waals surface area (Å²) in [5.74, 6) is 1.89. The van der Waals surface area contributed by atoms with Crippen molar-refractivity contribution in [3.05, 3.63) is 76.1 Å². The van der Waals surface area contributed by atoms with E-state index in [-0.39, 0.29) is 24.0 Å². The molecule has 2 heterocycles. The van der Waals surface area contributed by atoms with E-state index in [9.17, 15) is 0 Å². The van der Waals surface area contributed by atoms with Crippen LogP contribution in [0.25, 0.3) is 0 Å². The Morgan fingerprint density at radius 3 is 2.66 bits per heavy atom. The van der Waals surface area contributed by atoms with Crippen molar-refractivity contribution in [3.63, 3.8) is 0 Å². The van der Waals surface area contributed by atoms with Gasteiger partial charge >= 0.3 is 0 Å². The molecule has 1 aromatic carbocycles. The van der Waals surface area contributed by atoms with Gasteiger partial charge in [0.2, 0.25) is 0 Å². The summed E-state index contributed by atoms with van der Waals surface area (Å²) in [6, 6.07) is 14.4. The molecule has 156 valence electrons. The van der Waals surface area contributed by atoms with Gasteiger partial charge in [-0.15, -0.1) is 35.3 Å². The lowest BCUT2D eigenvalue weighted by atomic mass is 10.1. The Kier molecular flexibility index (Phi) is 10.2. The Labute approximate surface area is 194 Å². The smallest absolute Gasteiger partial charge is 0.193 e. The van der Waals surface area contributed by atoms with E-state index in [0.29, 0.717) is 6.54 Å². The van der Waals surface area contributed by atoms with Gasteiger partial charge in [-0.1, -0.05) is 30.3 Å². The highest BCUT2D eigenvalue weighted by atomic mass is 127. The highest BCUT2D eigenvalue weighted by molar-refractivity contribution is 14.0. The zero-order chi connectivity index (χ0) is 19.6. The molecule has 0 radical (unpaired) electrons. The van der Waals surface area contributed by atoms with Crippen LogP contribution in [0.2, 0.25) is 0 Å². The lowest BCUT2D eigenvalue weighted by molar-refractivity contribution is 0.480. The predicted octanol–water partition coefficient (Wildman–Crippen LogP) is 4.57. The summed E-state index contributed by atoms with van der Waals surface area (Å²) in [4.78, 5) is 12.7. The van der Waals surface area contributed by atoms with Crippen molar-refractivity contribution in [2.45, 2.75) is 26.2 Å². The van der Waals surface area contributed by atoms with Crippen LogP contribution in [-0.4, -0.2) is 42.5 Å². The van der Waals surface area contributed by atoms with Gasteiger partial charge < -0.3 is 14.6 Å². The molecule has 29 heavy (non-hydrogen) atoms. The van der Waals surface area contributed by atoms with Crippen molar-refractivity contribution in [2.24, 2.45) is 4.99 Å². The van der Waals surface area contributed by atoms with E-state index in [1.807, 2.05) is 24.4 Å². The van der Waals surface area contributed by atoms with E-state index in [0.717, 1.165) is 44.1 Å². The van der Waals surface area contributed by atoms with Crippen molar-refractivity contribution in [3.8, 4) is 0 Å². The Bertz CT molecular complexity index is 849. The first-order chi connectivity index (χ1) is 13.7. The van der Waals surface area contributed by atoms with E-state index in [2.05, 4.69) is 53.4 Å². The molecule has 0 aliphatic heterocycles. The Morgan fingerprint density at radius 1 is 1.14 bits per heavy atom. The van der Waals surface area contributed by atoms with Crippen LogP contribution < -0.4 is 5.32 Å². The molecular formula is C22H29IN4OS. The van der Waals surface area contributed by atoms with E-state index in [4.69, 9.17) is 9.41 Å². The van der Waals surface area contributed by atoms with E-state index in [1.54, 1.807) is 17.6 Å². The van der Waals surface area contributed by atoms with Crippen LogP contribution in [0, 0.1) is 6.92 Å². The predicted molar refractivity (Wildman–Crippen MR) is 131 cm³/mol. The fraction of sp³-hybridized carbons (Fsp3) is 0.364. The highest BCUT2D eigenvalue weighted by Crippen LogP contribution is 2.12. The van der Waals surface area contributed by atoms with Crippen molar-refractivity contribution in [1.82, 2.24) is 15.2 Å². The first kappa shape index (κ1) is 23.4. The third-order valence-corrected chi connectivity index (χ3v) is 5.40. The van der Waals surface area contributed by atoms with Crippen LogP contribution in [-0.2, 0) is 19.3 Å². The van der Waals surface area contributed by atoms with Gasteiger partial charge in [0.1, 0.15) is 5.76 Å². The number of aromatic nitrogens is 1. The van der Waals surface area contributed by atoms with Gasteiger partial charge in [0, 0.05) is 50.6 Å². The maximum atomic E-state index is 5.41. The van der Waals surface area contributed by atoms with Crippen LogP contribution in [0.4, 0.5) is 0 Å². The third-order valence-electron chi connectivity index (χ3n) is 4.43. The number of aryl methyl sites for hydroxylation is 1. The van der Waals surface area contributed by atoms with Crippen molar-refractivity contribution in [2.75, 3.05) is 26.7 Å². The van der Waals surface area contributed by atoms with Crippen LogP contribution in [0.15, 0.2) is 64.3 Å². The molecule has 2 aromatic heterocycles. The van der Waals surface area contributed by atoms with Crippen molar-refractivity contribution in [1.29, 1.82) is 0 Å². The third kappa shape index (κ3) is 8.18. The van der Waals surface area contributed by atoms with Gasteiger partial charge in [-0.3, -0.25) is 4.99 Å². The molecule has 0 aliphatic rings. The summed E-state index contributed by atoms with van der Waals surface area (Å²) in [6.45, 7) is 4.52. The summed E-state index contributed by atoms with van der Waals surface area (Å²) < 4.78 is 5.41. The van der Waals surface area contributed by atoms with Gasteiger partial charge in [-0.25, -0.2) is 4.98 Å². The number of thiazole rings is 1. The number of rotatable bonds is 9. The van der Waals surface area contributed by atoms with Crippen molar-refractivity contribution >= 4 is 41.3 Å². The van der Waals surface area contributed by atoms with Crippen molar-refractivity contribution < 1.29 is 4.42 Å². The number of benzene rings is 1. The van der Waals surface area contributed by atoms with E-state index >= 15 is 0 Å². The number of halogens is 1. The monoisotopic (exact) mass is 524 g/mol. The average molecular weight is 524 g/mol. The van der Waals surface area contributed by atoms with Gasteiger partial charge in [-0.2, -0.15) is 0 Å². The largest absolute Gasteiger partial charge is 0.469 e. The molecule has 0 aliphatic carbocycles. The Balaban J connectivity index is 0.00000300. The molecule has 0 saturated carbocycles. The molecule has 0 fully saturated rings. The summed E-state index contributed by atoms with van der Waals surface area (Å²) in [5.41, 5.74) is 1.32. The van der Waals surface area contributed by atoms with Crippen LogP contribution in [0.5, 0.6) is 0 Å². The molecular weight excluding hydrogens is 495 g/mol. The normalized spacial score (nSPS) is 11.2. The Hall–Kier alpha value is -1.87. The van der Waals surface area contributed by atoms with Gasteiger partial charge in [0.05, 0.1) is 11.3 Å². The fourth-order valence-corrected chi connectivity index (χ4v) is 3.66. The number of nitrogens with zero attached hydrogens (tertiary/aromatic N) is 3. The Morgan fingerprint density at radius 2 is 1.97 bits per heavy atom. The molecule has 0 saturated heterocycles. The van der Waals surface area contributed by atoms with Crippen LogP contribution >= 0.6 is 35.3 Å². The molecule has 1 N–H and O–H groups in total. The summed E-state index contributed by atoms with van der Waals surface area (Å²) in [5, 5.41) is 4.69. The fourth-order valence-electron chi connectivity index (χ4n) is 2.89. The molecule has 0 atom stereocenters. The molecule has 7 heteroatoms. The molecule has 0 amide bonds. The standard InChI is InChI=1S/C22H28N4OS.HI/c1-18-17-25-21(28-18)12-15-26(2)22(24-14-11-20-9-6-16-27-20)23-13-10-19-7-4-3-5-8-19;/h3-9,16-17H,10-15H2,1-2H3,(H,23,24);1H. The molecule has 0 spiro atoms. The molecule has 5 nitrogen and oxygen atoms in total. The van der Waals surface area contributed by atoms with Crippen LogP contribution in [0.3, 0.4) is 0 Å². The number of hydrogen-bond donors (Lipinski definition) is 1. The second-order valence-electron chi connectivity index (χ2n) is 6.73. The van der Waals surface area contributed by atoms with Gasteiger partial charge in [-0.05, 0) is 31.0 Å². The maximum absolute atomic E-state index is 5.41. The number of furan rings is 1. The second-order valence-corrected chi connectivity index (χ2v) is 8.05. The summed E-state index contributed by atoms with van der Waals surface area (Å²) in [7, 11) is 2.09. The lowest BCUT2D eigenvalue weighted by Crippen LogP contribution is -2.41. The molecule has 0 unspecified atom stereocenters. The summed E-state index contributed by atoms with van der Waals surface area (Å²) in [6.07, 6.45) is 6.34. The topological polar surface area (TPSA) is 53.7 Å². The first-order valence-corrected chi connectivity index (χ1v) is 10.5.